The molecule has 0 saturated heterocycles. The highest BCUT2D eigenvalue weighted by Gasteiger charge is 2.38. The molecule has 1 aliphatic carbocycles. The monoisotopic (exact) mass is 386 g/mol. The summed E-state index contributed by atoms with van der Waals surface area (Å²) in [6.07, 6.45) is 3.48. The van der Waals surface area contributed by atoms with Crippen LogP contribution >= 0.6 is 0 Å². The maximum absolute atomic E-state index is 13.8. The Labute approximate surface area is 160 Å². The Morgan fingerprint density at radius 2 is 2.00 bits per heavy atom. The van der Waals surface area contributed by atoms with Gasteiger partial charge in [0, 0.05) is 18.3 Å². The number of nitrogens with one attached hydrogen (secondary N) is 1. The number of fused-ring (bicyclic) bond motifs is 1. The first kappa shape index (κ1) is 18.4. The van der Waals surface area contributed by atoms with Gasteiger partial charge < -0.3 is 15.8 Å². The zero-order chi connectivity index (χ0) is 19.9. The summed E-state index contributed by atoms with van der Waals surface area (Å²) in [5, 5.41) is 2.85. The largest absolute Gasteiger partial charge is 0.485 e. The van der Waals surface area contributed by atoms with E-state index >= 15 is 0 Å². The highest BCUT2D eigenvalue weighted by atomic mass is 19.1. The van der Waals surface area contributed by atoms with E-state index < -0.39 is 11.6 Å². The lowest BCUT2D eigenvalue weighted by Gasteiger charge is -2.11. The number of aryl methyl sites for hydroxylation is 1. The third-order valence-electron chi connectivity index (χ3n) is 4.93. The molecule has 0 atom stereocenters. The number of ether oxygens (including phenoxy) is 1. The minimum atomic E-state index is -0.678. The van der Waals surface area contributed by atoms with Crippen molar-refractivity contribution in [2.24, 2.45) is 5.73 Å². The topological polar surface area (TPSA) is 81.7 Å². The van der Waals surface area contributed by atoms with E-state index in [1.54, 1.807) is 29.7 Å². The van der Waals surface area contributed by atoms with Gasteiger partial charge in [-0.2, -0.15) is 0 Å². The number of imidazole rings is 1. The summed E-state index contributed by atoms with van der Waals surface area (Å²) < 4.78 is 34.9. The first-order chi connectivity index (χ1) is 13.4. The highest BCUT2D eigenvalue weighted by molar-refractivity contribution is 5.95. The number of nitrogens with two attached hydrogens (primary N) is 1. The van der Waals surface area contributed by atoms with E-state index in [1.165, 1.54) is 18.2 Å². The predicted molar refractivity (Wildman–Crippen MR) is 99.1 cm³/mol. The van der Waals surface area contributed by atoms with Crippen LogP contribution in [0.5, 0.6) is 5.75 Å². The van der Waals surface area contributed by atoms with Gasteiger partial charge in [-0.05, 0) is 44.0 Å². The van der Waals surface area contributed by atoms with Crippen molar-refractivity contribution in [2.45, 2.75) is 31.9 Å². The maximum Gasteiger partial charge on any atom is 0.270 e. The van der Waals surface area contributed by atoms with Crippen LogP contribution in [0.2, 0.25) is 0 Å². The molecule has 146 valence electrons. The van der Waals surface area contributed by atoms with Crippen molar-refractivity contribution in [3.05, 3.63) is 65.1 Å². The zero-order valence-electron chi connectivity index (χ0n) is 15.3. The molecule has 1 aliphatic rings. The minimum Gasteiger partial charge on any atom is -0.485 e. The number of carbonyl (C=O) groups excluding carboxylic acids is 1. The molecule has 6 nitrogen and oxygen atoms in total. The van der Waals surface area contributed by atoms with Crippen LogP contribution < -0.4 is 15.8 Å². The van der Waals surface area contributed by atoms with Crippen LogP contribution in [-0.2, 0) is 6.61 Å². The van der Waals surface area contributed by atoms with E-state index in [2.05, 4.69) is 10.3 Å². The molecular weight excluding hydrogens is 366 g/mol. The molecule has 0 aliphatic heterocycles. The third kappa shape index (κ3) is 3.43. The van der Waals surface area contributed by atoms with Crippen molar-refractivity contribution in [1.29, 1.82) is 0 Å². The number of pyridine rings is 1. The lowest BCUT2D eigenvalue weighted by Crippen LogP contribution is -2.39. The van der Waals surface area contributed by atoms with Gasteiger partial charge in [-0.1, -0.05) is 6.07 Å². The Kier molecular flexibility index (Phi) is 4.50. The second-order valence-corrected chi connectivity index (χ2v) is 7.15. The molecule has 28 heavy (non-hydrogen) atoms. The van der Waals surface area contributed by atoms with Gasteiger partial charge in [0.2, 0.25) is 0 Å². The van der Waals surface area contributed by atoms with Crippen LogP contribution in [0.25, 0.3) is 5.65 Å². The number of aromatic nitrogens is 2. The van der Waals surface area contributed by atoms with Crippen molar-refractivity contribution in [2.75, 3.05) is 6.54 Å². The number of hydrogen-bond donors (Lipinski definition) is 2. The Morgan fingerprint density at radius 3 is 2.68 bits per heavy atom. The molecule has 0 radical (unpaired) electrons. The molecule has 3 aromatic rings. The molecule has 1 fully saturated rings. The molecule has 2 heterocycles. The summed E-state index contributed by atoms with van der Waals surface area (Å²) in [6.45, 7) is 1.83. The van der Waals surface area contributed by atoms with Gasteiger partial charge in [0.25, 0.3) is 5.91 Å². The number of benzene rings is 1. The molecule has 0 unspecified atom stereocenters. The van der Waals surface area contributed by atoms with Crippen LogP contribution in [-0.4, -0.2) is 27.4 Å². The summed E-state index contributed by atoms with van der Waals surface area (Å²) in [5.74, 6) is -1.31. The van der Waals surface area contributed by atoms with Gasteiger partial charge in [-0.25, -0.2) is 13.8 Å². The Balaban J connectivity index is 1.59. The maximum atomic E-state index is 13.8. The Bertz CT molecular complexity index is 1040. The SMILES string of the molecule is Cc1nc2c(OCc3c(F)cccc3F)cccn2c1C(=O)NCC1(N)CC1. The van der Waals surface area contributed by atoms with E-state index in [1.807, 2.05) is 0 Å². The van der Waals surface area contributed by atoms with Crippen LogP contribution in [0.3, 0.4) is 0 Å². The molecule has 1 aromatic carbocycles. The van der Waals surface area contributed by atoms with E-state index in [4.69, 9.17) is 10.5 Å². The van der Waals surface area contributed by atoms with Crippen LogP contribution in [0.4, 0.5) is 8.78 Å². The first-order valence-corrected chi connectivity index (χ1v) is 8.98. The van der Waals surface area contributed by atoms with Crippen molar-refractivity contribution < 1.29 is 18.3 Å². The Hall–Kier alpha value is -3.00. The summed E-state index contributed by atoms with van der Waals surface area (Å²) in [7, 11) is 0. The predicted octanol–water partition coefficient (Wildman–Crippen LogP) is 2.72. The fourth-order valence-electron chi connectivity index (χ4n) is 3.04. The van der Waals surface area contributed by atoms with Crippen molar-refractivity contribution in [3.63, 3.8) is 0 Å². The number of nitrogens with zero attached hydrogens (tertiary/aromatic N) is 2. The standard InChI is InChI=1S/C20H20F2N4O2/c1-12-17(19(27)24-11-20(23)7-8-20)26-9-3-6-16(18(26)25-12)28-10-13-14(21)4-2-5-15(13)22/h2-6,9H,7-8,10-11,23H2,1H3,(H,24,27). The lowest BCUT2D eigenvalue weighted by atomic mass is 10.2. The van der Waals surface area contributed by atoms with Crippen LogP contribution in [0, 0.1) is 18.6 Å². The van der Waals surface area contributed by atoms with E-state index in [9.17, 15) is 13.6 Å². The molecule has 0 bridgehead atoms. The van der Waals surface area contributed by atoms with Gasteiger partial charge in [0.1, 0.15) is 23.9 Å². The van der Waals surface area contributed by atoms with E-state index in [0.717, 1.165) is 12.8 Å². The number of halogens is 2. The molecular formula is C20H20F2N4O2. The number of rotatable bonds is 6. The van der Waals surface area contributed by atoms with Gasteiger partial charge in [0.05, 0.1) is 11.3 Å². The van der Waals surface area contributed by atoms with Gasteiger partial charge in [0.15, 0.2) is 11.4 Å². The van der Waals surface area contributed by atoms with Crippen molar-refractivity contribution in [1.82, 2.24) is 14.7 Å². The van der Waals surface area contributed by atoms with Crippen LogP contribution in [0.1, 0.15) is 34.6 Å². The van der Waals surface area contributed by atoms with Gasteiger partial charge in [-0.15, -0.1) is 0 Å². The van der Waals surface area contributed by atoms with Gasteiger partial charge in [-0.3, -0.25) is 9.20 Å². The minimum absolute atomic E-state index is 0.163. The quantitative estimate of drug-likeness (QED) is 0.683. The Morgan fingerprint density at radius 1 is 1.29 bits per heavy atom. The third-order valence-corrected chi connectivity index (χ3v) is 4.93. The number of carbonyl (C=O) groups is 1. The molecule has 3 N–H and O–H groups in total. The number of amides is 1. The summed E-state index contributed by atoms with van der Waals surface area (Å²) >= 11 is 0. The normalized spacial score (nSPS) is 14.9. The van der Waals surface area contributed by atoms with Crippen molar-refractivity contribution >= 4 is 11.6 Å². The summed E-state index contributed by atoms with van der Waals surface area (Å²) in [4.78, 5) is 17.0. The average Bonchev–Trinajstić information content (AvgIpc) is 3.29. The molecule has 8 heteroatoms. The molecule has 1 saturated carbocycles. The summed E-state index contributed by atoms with van der Waals surface area (Å²) in [5.41, 5.74) is 6.85. The fourth-order valence-corrected chi connectivity index (χ4v) is 3.04. The molecule has 0 spiro atoms. The fraction of sp³-hybridized carbons (Fsp3) is 0.300. The molecule has 4 rings (SSSR count). The highest BCUT2D eigenvalue weighted by Crippen LogP contribution is 2.31. The number of hydrogen-bond acceptors (Lipinski definition) is 4. The zero-order valence-corrected chi connectivity index (χ0v) is 15.3. The van der Waals surface area contributed by atoms with E-state index in [0.29, 0.717) is 29.3 Å². The molecule has 2 aromatic heterocycles. The van der Waals surface area contributed by atoms with E-state index in [-0.39, 0.29) is 23.6 Å². The smallest absolute Gasteiger partial charge is 0.270 e. The first-order valence-electron chi connectivity index (χ1n) is 8.98. The second kappa shape index (κ2) is 6.87. The van der Waals surface area contributed by atoms with Gasteiger partial charge >= 0.3 is 0 Å². The van der Waals surface area contributed by atoms with Crippen molar-refractivity contribution in [3.8, 4) is 5.75 Å². The second-order valence-electron chi connectivity index (χ2n) is 7.15. The van der Waals surface area contributed by atoms with Crippen LogP contribution in [0.15, 0.2) is 36.5 Å². The summed E-state index contributed by atoms with van der Waals surface area (Å²) in [6, 6.07) is 6.97. The average molecular weight is 386 g/mol. The molecule has 1 amide bonds. The lowest BCUT2D eigenvalue weighted by molar-refractivity contribution is 0.0943.